The van der Waals surface area contributed by atoms with Crippen LogP contribution in [0.25, 0.3) is 27.5 Å². The fraction of sp³-hybridized carbons (Fsp3) is 0.0500. The van der Waals surface area contributed by atoms with Gasteiger partial charge in [-0.05, 0) is 51.6 Å². The number of ether oxygens (including phenoxy) is 1. The summed E-state index contributed by atoms with van der Waals surface area (Å²) in [5, 5.41) is 13.8. The van der Waals surface area contributed by atoms with Crippen LogP contribution in [0.3, 0.4) is 0 Å². The van der Waals surface area contributed by atoms with Crippen LogP contribution in [0.5, 0.6) is 5.75 Å². The van der Waals surface area contributed by atoms with E-state index < -0.39 is 0 Å². The quantitative estimate of drug-likeness (QED) is 0.353. The fourth-order valence-corrected chi connectivity index (χ4v) is 5.12. The average Bonchev–Trinajstić information content (AvgIpc) is 3.06. The van der Waals surface area contributed by atoms with E-state index in [0.717, 1.165) is 49.8 Å². The molecule has 0 amide bonds. The lowest BCUT2D eigenvalue weighted by atomic mass is 9.93. The first-order valence-electron chi connectivity index (χ1n) is 14.0. The molecule has 0 spiro atoms. The summed E-state index contributed by atoms with van der Waals surface area (Å²) >= 11 is 0. The highest BCUT2D eigenvalue weighted by Crippen LogP contribution is 2.41. The summed E-state index contributed by atoms with van der Waals surface area (Å²) in [5.41, 5.74) is 7.13. The van der Waals surface area contributed by atoms with Gasteiger partial charge in [0.15, 0.2) is 0 Å². The van der Waals surface area contributed by atoms with Crippen LogP contribution < -0.4 is 4.74 Å². The molecule has 1 aliphatic heterocycles. The number of benzene rings is 3. The molecule has 0 aromatic heterocycles. The van der Waals surface area contributed by atoms with Gasteiger partial charge in [0.05, 0.1) is 0 Å². The van der Waals surface area contributed by atoms with Crippen LogP contribution in [0.4, 0.5) is 0 Å². The lowest BCUT2D eigenvalue weighted by molar-refractivity contribution is 0.269. The molecule has 2 aliphatic rings. The molecule has 1 heterocycles. The second kappa shape index (κ2) is 13.3. The summed E-state index contributed by atoms with van der Waals surface area (Å²) in [7, 11) is 0. The summed E-state index contributed by atoms with van der Waals surface area (Å²) < 4.78 is 6.46. The molecule has 1 N–H and O–H groups in total. The van der Waals surface area contributed by atoms with Crippen LogP contribution in [-0.2, 0) is 0 Å². The van der Waals surface area contributed by atoms with E-state index in [1.807, 2.05) is 110 Å². The van der Waals surface area contributed by atoms with Gasteiger partial charge >= 0.3 is 0 Å². The SMILES string of the molecule is C=CC1=C(\C=C/C)/C=C(C2=C(\O)COc3c(cccc3-c3cccc4ccccc34)C(=C)/C=C\2)\C=C/C=C/C=C/C=C\1. The zero-order chi connectivity index (χ0) is 29.3. The van der Waals surface area contributed by atoms with Crippen LogP contribution in [0, 0.1) is 0 Å². The number of para-hydroxylation sites is 1. The maximum atomic E-state index is 11.5. The Morgan fingerprint density at radius 2 is 1.43 bits per heavy atom. The molecular formula is C40H34O2. The average molecular weight is 547 g/mol. The van der Waals surface area contributed by atoms with Crippen molar-refractivity contribution in [1.82, 2.24) is 0 Å². The van der Waals surface area contributed by atoms with E-state index in [4.69, 9.17) is 4.74 Å². The number of aliphatic hydroxyl groups is 1. The van der Waals surface area contributed by atoms with Crippen molar-refractivity contribution in [3.63, 3.8) is 0 Å². The number of aliphatic hydroxyl groups excluding tert-OH is 1. The van der Waals surface area contributed by atoms with E-state index in [-0.39, 0.29) is 12.4 Å². The van der Waals surface area contributed by atoms with Crippen molar-refractivity contribution >= 4 is 16.3 Å². The number of hydrogen-bond donors (Lipinski definition) is 1. The molecule has 0 fully saturated rings. The highest BCUT2D eigenvalue weighted by molar-refractivity contribution is 5.99. The monoisotopic (exact) mass is 546 g/mol. The number of allylic oxidation sites excluding steroid dienone is 19. The zero-order valence-corrected chi connectivity index (χ0v) is 23.8. The standard InChI is InChI=1S/C40H34O2/c1-4-16-32-27-33(19-11-9-7-6-8-10-17-30(32)5-2)36-26-25-29(3)34-22-15-24-38(40(34)42-28-39(36)41)37-23-14-20-31-18-12-13-21-35(31)37/h4-27,41H,2-3,28H2,1H3/b7-6?,8-6+,9-7+,10-8?,11-9?,16-4-,17-10-,19-11-,26-25-,30-17?,32-27?,32-30-,33-19?,33-27+,39-36-. The van der Waals surface area contributed by atoms with Crippen molar-refractivity contribution in [1.29, 1.82) is 0 Å². The largest absolute Gasteiger partial charge is 0.508 e. The van der Waals surface area contributed by atoms with Crippen molar-refractivity contribution in [2.24, 2.45) is 0 Å². The summed E-state index contributed by atoms with van der Waals surface area (Å²) in [6, 6.07) is 20.7. The molecule has 3 aromatic rings. The third kappa shape index (κ3) is 6.19. The van der Waals surface area contributed by atoms with E-state index in [2.05, 4.69) is 55.6 Å². The normalized spacial score (nSPS) is 24.4. The van der Waals surface area contributed by atoms with E-state index in [1.54, 1.807) is 0 Å². The number of hydrogen-bond acceptors (Lipinski definition) is 2. The highest BCUT2D eigenvalue weighted by atomic mass is 16.5. The van der Waals surface area contributed by atoms with Crippen LogP contribution in [0.15, 0.2) is 187 Å². The third-order valence-corrected chi connectivity index (χ3v) is 7.18. The Morgan fingerprint density at radius 1 is 0.738 bits per heavy atom. The van der Waals surface area contributed by atoms with Crippen LogP contribution >= 0.6 is 0 Å². The minimum atomic E-state index is 0.00235. The van der Waals surface area contributed by atoms with E-state index in [1.165, 1.54) is 0 Å². The van der Waals surface area contributed by atoms with E-state index >= 15 is 0 Å². The lowest BCUT2D eigenvalue weighted by Crippen LogP contribution is -2.06. The Morgan fingerprint density at radius 3 is 2.24 bits per heavy atom. The van der Waals surface area contributed by atoms with Gasteiger partial charge in [-0.2, -0.15) is 0 Å². The first-order valence-corrected chi connectivity index (χ1v) is 14.0. The molecule has 5 rings (SSSR count). The smallest absolute Gasteiger partial charge is 0.146 e. The van der Waals surface area contributed by atoms with Crippen LogP contribution in [0.1, 0.15) is 12.5 Å². The Labute approximate surface area is 248 Å². The van der Waals surface area contributed by atoms with Gasteiger partial charge in [-0.1, -0.05) is 153 Å². The summed E-state index contributed by atoms with van der Waals surface area (Å²) in [5.74, 6) is 0.824. The first-order chi connectivity index (χ1) is 20.6. The third-order valence-electron chi connectivity index (χ3n) is 7.18. The second-order valence-corrected chi connectivity index (χ2v) is 9.92. The second-order valence-electron chi connectivity index (χ2n) is 9.92. The van der Waals surface area contributed by atoms with Gasteiger partial charge in [0.25, 0.3) is 0 Å². The Balaban J connectivity index is 1.64. The van der Waals surface area contributed by atoms with Gasteiger partial charge in [-0.25, -0.2) is 0 Å². The molecule has 0 bridgehead atoms. The maximum Gasteiger partial charge on any atom is 0.146 e. The topological polar surface area (TPSA) is 29.5 Å². The highest BCUT2D eigenvalue weighted by Gasteiger charge is 2.19. The Kier molecular flexibility index (Phi) is 8.96. The predicted octanol–water partition coefficient (Wildman–Crippen LogP) is 10.5. The van der Waals surface area contributed by atoms with Crippen LogP contribution in [0.2, 0.25) is 0 Å². The number of fused-ring (bicyclic) bond motifs is 2. The van der Waals surface area contributed by atoms with Crippen molar-refractivity contribution in [2.45, 2.75) is 6.92 Å². The molecule has 3 aromatic carbocycles. The molecule has 0 atom stereocenters. The van der Waals surface area contributed by atoms with Gasteiger partial charge in [0.2, 0.25) is 0 Å². The van der Waals surface area contributed by atoms with E-state index in [9.17, 15) is 5.11 Å². The Hall–Kier alpha value is -5.34. The molecule has 0 radical (unpaired) electrons. The molecule has 1 aliphatic carbocycles. The molecule has 206 valence electrons. The maximum absolute atomic E-state index is 11.5. The summed E-state index contributed by atoms with van der Waals surface area (Å²) in [4.78, 5) is 0. The first kappa shape index (κ1) is 28.2. The molecule has 2 nitrogen and oxygen atoms in total. The van der Waals surface area contributed by atoms with Crippen molar-refractivity contribution in [3.05, 3.63) is 193 Å². The molecule has 0 unspecified atom stereocenters. The van der Waals surface area contributed by atoms with E-state index in [0.29, 0.717) is 11.3 Å². The molecule has 42 heavy (non-hydrogen) atoms. The minimum Gasteiger partial charge on any atom is -0.508 e. The van der Waals surface area contributed by atoms with Crippen molar-refractivity contribution < 1.29 is 9.84 Å². The molecular weight excluding hydrogens is 512 g/mol. The van der Waals surface area contributed by atoms with Crippen molar-refractivity contribution in [2.75, 3.05) is 6.61 Å². The summed E-state index contributed by atoms with van der Waals surface area (Å²) in [6.45, 7) is 10.4. The van der Waals surface area contributed by atoms with Gasteiger partial charge in [-0.15, -0.1) is 0 Å². The fourth-order valence-electron chi connectivity index (χ4n) is 5.12. The minimum absolute atomic E-state index is 0.00235. The number of rotatable bonds is 4. The lowest BCUT2D eigenvalue weighted by Gasteiger charge is -2.17. The van der Waals surface area contributed by atoms with Crippen LogP contribution in [-0.4, -0.2) is 11.7 Å². The zero-order valence-electron chi connectivity index (χ0n) is 23.8. The molecule has 0 saturated heterocycles. The van der Waals surface area contributed by atoms with Gasteiger partial charge in [0.1, 0.15) is 18.1 Å². The van der Waals surface area contributed by atoms with Crippen molar-refractivity contribution in [3.8, 4) is 16.9 Å². The predicted molar refractivity (Wildman–Crippen MR) is 179 cm³/mol. The van der Waals surface area contributed by atoms with Gasteiger partial charge < -0.3 is 9.84 Å². The van der Waals surface area contributed by atoms with Gasteiger partial charge in [0, 0.05) is 16.7 Å². The molecule has 2 heteroatoms. The Bertz CT molecular complexity index is 1800. The van der Waals surface area contributed by atoms with Gasteiger partial charge in [-0.3, -0.25) is 0 Å². The summed E-state index contributed by atoms with van der Waals surface area (Å²) in [6.07, 6.45) is 27.7. The molecule has 0 saturated carbocycles.